The van der Waals surface area contributed by atoms with E-state index >= 15 is 0 Å². The summed E-state index contributed by atoms with van der Waals surface area (Å²) in [6.07, 6.45) is -0.946. The fourth-order valence-corrected chi connectivity index (χ4v) is 2.96. The van der Waals surface area contributed by atoms with E-state index < -0.39 is 13.0 Å². The molecule has 1 N–H and O–H groups in total. The van der Waals surface area contributed by atoms with Crippen molar-refractivity contribution in [2.75, 3.05) is 32.5 Å². The van der Waals surface area contributed by atoms with Crippen LogP contribution < -0.4 is 19.9 Å². The minimum atomic E-state index is -2.56. The zero-order chi connectivity index (χ0) is 23.5. The number of aromatic nitrogens is 1. The second kappa shape index (κ2) is 12.5. The number of nitrogens with one attached hydrogen (secondary N) is 1. The predicted molar refractivity (Wildman–Crippen MR) is 123 cm³/mol. The molecule has 0 spiro atoms. The van der Waals surface area contributed by atoms with E-state index in [-0.39, 0.29) is 6.73 Å². The lowest BCUT2D eigenvalue weighted by Gasteiger charge is -2.25. The van der Waals surface area contributed by atoms with Crippen molar-refractivity contribution < 1.29 is 23.0 Å². The number of benzene rings is 2. The summed E-state index contributed by atoms with van der Waals surface area (Å²) in [6.45, 7) is -0.469. The number of alkyl halides is 2. The molecule has 0 aliphatic heterocycles. The van der Waals surface area contributed by atoms with Crippen LogP contribution in [-0.2, 0) is 11.3 Å². The highest BCUT2D eigenvalue weighted by molar-refractivity contribution is 6.09. The number of hydrogen-bond donors (Lipinski definition) is 1. The molecule has 0 fully saturated rings. The maximum Gasteiger partial charge on any atom is 0.261 e. The molecule has 9 heteroatoms. The number of rotatable bonds is 11. The third kappa shape index (κ3) is 7.23. The molecule has 0 amide bonds. The summed E-state index contributed by atoms with van der Waals surface area (Å²) in [5, 5.41) is 1.68. The molecule has 33 heavy (non-hydrogen) atoms. The summed E-state index contributed by atoms with van der Waals surface area (Å²) in [6, 6.07) is 20.7. The van der Waals surface area contributed by atoms with Gasteiger partial charge in [0.2, 0.25) is 5.88 Å². The molecule has 0 atom stereocenters. The molecule has 174 valence electrons. The van der Waals surface area contributed by atoms with E-state index in [1.165, 1.54) is 7.11 Å². The van der Waals surface area contributed by atoms with E-state index in [0.717, 1.165) is 11.1 Å². The highest BCUT2D eigenvalue weighted by Crippen LogP contribution is 2.20. The first-order chi connectivity index (χ1) is 16.1. The molecule has 0 aliphatic carbocycles. The second-order valence-corrected chi connectivity index (χ2v) is 6.79. The monoisotopic (exact) mass is 456 g/mol. The average Bonchev–Trinajstić information content (AvgIpc) is 2.86. The van der Waals surface area contributed by atoms with Crippen LogP contribution in [0.2, 0.25) is 0 Å². The van der Waals surface area contributed by atoms with Gasteiger partial charge in [-0.2, -0.15) is 0 Å². The SMILES string of the molecule is CNN(/C(=N\COCC(F)F)c1ccc(OCc2ccccc2)cc1)c1ccc(OC)nc1. The van der Waals surface area contributed by atoms with Crippen LogP contribution in [0, 0.1) is 0 Å². The lowest BCUT2D eigenvalue weighted by Crippen LogP contribution is -2.41. The van der Waals surface area contributed by atoms with Crippen molar-refractivity contribution in [2.24, 2.45) is 4.99 Å². The Morgan fingerprint density at radius 1 is 1.06 bits per heavy atom. The second-order valence-electron chi connectivity index (χ2n) is 6.79. The number of halogens is 2. The molecule has 1 aromatic heterocycles. The van der Waals surface area contributed by atoms with Gasteiger partial charge in [-0.05, 0) is 35.9 Å². The van der Waals surface area contributed by atoms with Gasteiger partial charge in [0.1, 0.15) is 25.7 Å². The molecule has 0 aliphatic rings. The molecule has 7 nitrogen and oxygen atoms in total. The van der Waals surface area contributed by atoms with Crippen LogP contribution in [0.3, 0.4) is 0 Å². The summed E-state index contributed by atoms with van der Waals surface area (Å²) < 4.78 is 40.8. The smallest absolute Gasteiger partial charge is 0.261 e. The zero-order valence-corrected chi connectivity index (χ0v) is 18.4. The fraction of sp³-hybridized carbons (Fsp3) is 0.250. The number of amidine groups is 1. The Kier molecular flexibility index (Phi) is 9.10. The van der Waals surface area contributed by atoms with Crippen LogP contribution in [0.15, 0.2) is 77.9 Å². The van der Waals surface area contributed by atoms with Crippen molar-refractivity contribution in [3.63, 3.8) is 0 Å². The zero-order valence-electron chi connectivity index (χ0n) is 18.4. The molecule has 3 aromatic rings. The largest absolute Gasteiger partial charge is 0.489 e. The van der Waals surface area contributed by atoms with E-state index in [1.807, 2.05) is 54.6 Å². The number of anilines is 1. The maximum atomic E-state index is 12.5. The van der Waals surface area contributed by atoms with Crippen LogP contribution in [0.5, 0.6) is 11.6 Å². The first-order valence-corrected chi connectivity index (χ1v) is 10.3. The Balaban J connectivity index is 1.80. The van der Waals surface area contributed by atoms with Crippen molar-refractivity contribution >= 4 is 11.5 Å². The van der Waals surface area contributed by atoms with Crippen molar-refractivity contribution in [2.45, 2.75) is 13.0 Å². The van der Waals surface area contributed by atoms with Gasteiger partial charge in [-0.3, -0.25) is 5.01 Å². The van der Waals surface area contributed by atoms with E-state index in [9.17, 15) is 8.78 Å². The van der Waals surface area contributed by atoms with Gasteiger partial charge in [-0.15, -0.1) is 0 Å². The Bertz CT molecular complexity index is 1000. The van der Waals surface area contributed by atoms with E-state index in [4.69, 9.17) is 14.2 Å². The maximum absolute atomic E-state index is 12.5. The molecule has 0 saturated carbocycles. The topological polar surface area (TPSA) is 68.2 Å². The number of pyridine rings is 1. The van der Waals surface area contributed by atoms with Crippen molar-refractivity contribution in [1.82, 2.24) is 10.4 Å². The lowest BCUT2D eigenvalue weighted by molar-refractivity contribution is 0.0206. The molecular formula is C24H26F2N4O3. The van der Waals surface area contributed by atoms with Crippen LogP contribution in [0.4, 0.5) is 14.5 Å². The van der Waals surface area contributed by atoms with Crippen molar-refractivity contribution in [3.05, 3.63) is 84.1 Å². The van der Waals surface area contributed by atoms with Gasteiger partial charge in [0, 0.05) is 18.7 Å². The number of hydrazine groups is 1. The molecule has 0 saturated heterocycles. The van der Waals surface area contributed by atoms with E-state index in [2.05, 4.69) is 15.4 Å². The predicted octanol–water partition coefficient (Wildman–Crippen LogP) is 4.30. The summed E-state index contributed by atoms with van der Waals surface area (Å²) >= 11 is 0. The summed E-state index contributed by atoms with van der Waals surface area (Å²) in [5.74, 6) is 1.62. The van der Waals surface area contributed by atoms with Gasteiger partial charge in [-0.1, -0.05) is 30.3 Å². The number of hydrogen-bond acceptors (Lipinski definition) is 6. The molecule has 2 aromatic carbocycles. The highest BCUT2D eigenvalue weighted by Gasteiger charge is 2.16. The van der Waals surface area contributed by atoms with Gasteiger partial charge in [0.05, 0.1) is 19.0 Å². The van der Waals surface area contributed by atoms with Crippen molar-refractivity contribution in [1.29, 1.82) is 0 Å². The first kappa shape index (κ1) is 24.1. The van der Waals surface area contributed by atoms with Gasteiger partial charge in [0.15, 0.2) is 5.84 Å². The summed E-state index contributed by atoms with van der Waals surface area (Å²) in [4.78, 5) is 8.62. The van der Waals surface area contributed by atoms with Gasteiger partial charge in [-0.25, -0.2) is 24.2 Å². The van der Waals surface area contributed by atoms with Crippen LogP contribution in [0.25, 0.3) is 0 Å². The standard InChI is InChI=1S/C24H26F2N4O3/c1-27-30(20-10-13-23(31-2)28-14-20)24(29-17-32-16-22(25)26)19-8-11-21(12-9-19)33-15-18-6-4-3-5-7-18/h3-14,22,27H,15-17H2,1-2H3/b29-24-. The van der Waals surface area contributed by atoms with Gasteiger partial charge in [0.25, 0.3) is 6.43 Å². The Morgan fingerprint density at radius 3 is 2.42 bits per heavy atom. The third-order valence-corrected chi connectivity index (χ3v) is 4.53. The Morgan fingerprint density at radius 2 is 1.82 bits per heavy atom. The van der Waals surface area contributed by atoms with Crippen LogP contribution in [0.1, 0.15) is 11.1 Å². The number of aliphatic imine (C=N–C) groups is 1. The summed E-state index contributed by atoms with van der Waals surface area (Å²) in [7, 11) is 3.25. The normalized spacial score (nSPS) is 11.5. The quantitative estimate of drug-likeness (QED) is 0.201. The molecule has 0 unspecified atom stereocenters. The Hall–Kier alpha value is -3.56. The van der Waals surface area contributed by atoms with E-state index in [1.54, 1.807) is 30.4 Å². The lowest BCUT2D eigenvalue weighted by atomic mass is 10.2. The van der Waals surface area contributed by atoms with Gasteiger partial charge >= 0.3 is 0 Å². The average molecular weight is 456 g/mol. The van der Waals surface area contributed by atoms with Crippen molar-refractivity contribution in [3.8, 4) is 11.6 Å². The third-order valence-electron chi connectivity index (χ3n) is 4.53. The molecule has 0 radical (unpaired) electrons. The molecule has 0 bridgehead atoms. The first-order valence-electron chi connectivity index (χ1n) is 10.3. The fourth-order valence-electron chi connectivity index (χ4n) is 2.96. The molecule has 3 rings (SSSR count). The highest BCUT2D eigenvalue weighted by atomic mass is 19.3. The number of ether oxygens (including phenoxy) is 3. The molecular weight excluding hydrogens is 430 g/mol. The van der Waals surface area contributed by atoms with Crippen LogP contribution >= 0.6 is 0 Å². The van der Waals surface area contributed by atoms with Crippen LogP contribution in [-0.4, -0.2) is 44.7 Å². The molecule has 1 heterocycles. The van der Waals surface area contributed by atoms with Gasteiger partial charge < -0.3 is 14.2 Å². The van der Waals surface area contributed by atoms with E-state index in [0.29, 0.717) is 29.8 Å². The summed E-state index contributed by atoms with van der Waals surface area (Å²) in [5.41, 5.74) is 5.52. The minimum absolute atomic E-state index is 0.228. The minimum Gasteiger partial charge on any atom is -0.489 e. The number of nitrogens with zero attached hydrogens (tertiary/aromatic N) is 3. The Labute approximate surface area is 191 Å². The number of methoxy groups -OCH3 is 1.